The summed E-state index contributed by atoms with van der Waals surface area (Å²) in [5.74, 6) is 0. The molecule has 0 fully saturated rings. The van der Waals surface area contributed by atoms with E-state index in [9.17, 15) is 9.59 Å². The van der Waals surface area contributed by atoms with Crippen LogP contribution in [0.4, 0.5) is 0 Å². The van der Waals surface area contributed by atoms with E-state index in [-0.39, 0.29) is 11.1 Å². The molecule has 3 nitrogen and oxygen atoms in total. The minimum atomic E-state index is -0.335. The van der Waals surface area contributed by atoms with Crippen LogP contribution in [-0.4, -0.2) is 4.98 Å². The summed E-state index contributed by atoms with van der Waals surface area (Å²) in [6.45, 7) is 0. The molecule has 3 rings (SSSR count). The van der Waals surface area contributed by atoms with Gasteiger partial charge in [-0.05, 0) is 29.0 Å². The molecular weight excluding hydrogens is 190 g/mol. The molecule has 0 unspecified atom stereocenters. The lowest BCUT2D eigenvalue weighted by Gasteiger charge is -1.96. The monoisotopic (exact) mass is 197 g/mol. The smallest absolute Gasteiger partial charge is 0.258 e. The first-order valence-corrected chi connectivity index (χ1v) is 4.64. The van der Waals surface area contributed by atoms with E-state index in [1.807, 2.05) is 18.2 Å². The molecule has 0 aliphatic carbocycles. The average molecular weight is 197 g/mol. The van der Waals surface area contributed by atoms with Crippen molar-refractivity contribution < 1.29 is 0 Å². The molecule has 2 bridgehead atoms. The Bertz CT molecular complexity index is 758. The molecule has 3 aromatic rings. The molecular formula is C12H7NO2. The molecule has 0 aliphatic heterocycles. The Kier molecular flexibility index (Phi) is 1.45. The molecule has 0 atom stereocenters. The van der Waals surface area contributed by atoms with Gasteiger partial charge in [-0.25, -0.2) is 0 Å². The van der Waals surface area contributed by atoms with Gasteiger partial charge in [-0.3, -0.25) is 14.6 Å². The lowest BCUT2D eigenvalue weighted by atomic mass is 10.1. The number of nitrogens with one attached hydrogen (secondary N) is 1. The van der Waals surface area contributed by atoms with Gasteiger partial charge < -0.3 is 0 Å². The van der Waals surface area contributed by atoms with E-state index < -0.39 is 0 Å². The molecule has 1 N–H and O–H groups in total. The van der Waals surface area contributed by atoms with Crippen molar-refractivity contribution in [2.24, 2.45) is 0 Å². The molecule has 1 aromatic heterocycles. The van der Waals surface area contributed by atoms with E-state index in [1.165, 1.54) is 0 Å². The molecule has 72 valence electrons. The Morgan fingerprint density at radius 2 is 1.60 bits per heavy atom. The first kappa shape index (κ1) is 8.17. The Balaban J connectivity index is 2.86. The maximum absolute atomic E-state index is 11.6. The minimum Gasteiger partial charge on any atom is -0.288 e. The van der Waals surface area contributed by atoms with E-state index in [4.69, 9.17) is 0 Å². The number of benzene rings is 2. The van der Waals surface area contributed by atoms with Gasteiger partial charge in [0.2, 0.25) is 0 Å². The van der Waals surface area contributed by atoms with Crippen LogP contribution < -0.4 is 11.1 Å². The molecule has 0 spiro atoms. The second kappa shape index (κ2) is 2.67. The van der Waals surface area contributed by atoms with Crippen LogP contribution in [0.15, 0.2) is 46.0 Å². The van der Waals surface area contributed by atoms with Gasteiger partial charge in [-0.15, -0.1) is 0 Å². The van der Waals surface area contributed by atoms with Gasteiger partial charge in [0.1, 0.15) is 0 Å². The summed E-state index contributed by atoms with van der Waals surface area (Å²) in [6, 6.07) is 10.8. The van der Waals surface area contributed by atoms with E-state index in [2.05, 4.69) is 4.98 Å². The Morgan fingerprint density at radius 1 is 0.800 bits per heavy atom. The predicted octanol–water partition coefficient (Wildman–Crippen LogP) is 1.48. The summed E-state index contributed by atoms with van der Waals surface area (Å²) in [5, 5.41) is 2.89. The number of H-pyrrole nitrogens is 1. The molecule has 0 radical (unpaired) electrons. The second-order valence-electron chi connectivity index (χ2n) is 3.52. The topological polar surface area (TPSA) is 49.9 Å². The van der Waals surface area contributed by atoms with Gasteiger partial charge >= 0.3 is 0 Å². The zero-order valence-corrected chi connectivity index (χ0v) is 7.78. The van der Waals surface area contributed by atoms with Crippen molar-refractivity contribution in [3.63, 3.8) is 0 Å². The van der Waals surface area contributed by atoms with Crippen LogP contribution in [0, 0.1) is 0 Å². The number of hydrogen-bond donors (Lipinski definition) is 1. The molecule has 0 saturated heterocycles. The van der Waals surface area contributed by atoms with Crippen LogP contribution >= 0.6 is 0 Å². The molecule has 0 saturated carbocycles. The van der Waals surface area contributed by atoms with Crippen LogP contribution in [0.3, 0.4) is 0 Å². The fourth-order valence-electron chi connectivity index (χ4n) is 1.85. The highest BCUT2D eigenvalue weighted by molar-refractivity contribution is 6.00. The van der Waals surface area contributed by atoms with Gasteiger partial charge in [0, 0.05) is 10.8 Å². The normalized spacial score (nSPS) is 11.2. The van der Waals surface area contributed by atoms with Gasteiger partial charge in [0.15, 0.2) is 0 Å². The van der Waals surface area contributed by atoms with Crippen molar-refractivity contribution >= 4 is 21.5 Å². The molecule has 0 aliphatic rings. The first-order chi connectivity index (χ1) is 7.25. The van der Waals surface area contributed by atoms with Gasteiger partial charge in [-0.1, -0.05) is 18.2 Å². The van der Waals surface area contributed by atoms with E-state index >= 15 is 0 Å². The highest BCUT2D eigenvalue weighted by Crippen LogP contribution is 2.18. The number of aromatic nitrogens is 1. The van der Waals surface area contributed by atoms with Gasteiger partial charge in [0.25, 0.3) is 11.1 Å². The van der Waals surface area contributed by atoms with E-state index in [0.717, 1.165) is 10.8 Å². The third kappa shape index (κ3) is 1.06. The summed E-state index contributed by atoms with van der Waals surface area (Å²) < 4.78 is 0. The summed E-state index contributed by atoms with van der Waals surface area (Å²) >= 11 is 0. The molecule has 1 heterocycles. The van der Waals surface area contributed by atoms with Crippen molar-refractivity contribution in [3.05, 3.63) is 57.1 Å². The summed E-state index contributed by atoms with van der Waals surface area (Å²) in [4.78, 5) is 25.5. The van der Waals surface area contributed by atoms with Crippen molar-refractivity contribution in [2.75, 3.05) is 0 Å². The Labute approximate surface area is 84.3 Å². The number of hydrogen-bond acceptors (Lipinski definition) is 2. The molecule has 15 heavy (non-hydrogen) atoms. The molecule has 2 aromatic carbocycles. The van der Waals surface area contributed by atoms with Gasteiger partial charge in [0.05, 0.1) is 0 Å². The largest absolute Gasteiger partial charge is 0.288 e. The number of rotatable bonds is 0. The quantitative estimate of drug-likeness (QED) is 0.593. The van der Waals surface area contributed by atoms with Gasteiger partial charge in [-0.2, -0.15) is 0 Å². The zero-order chi connectivity index (χ0) is 10.4. The van der Waals surface area contributed by atoms with E-state index in [0.29, 0.717) is 10.8 Å². The molecule has 0 amide bonds. The number of aromatic amines is 1. The molecule has 3 heteroatoms. The standard InChI is InChI=1S/C12H7NO2/c14-11-8-5-4-7-2-1-3-9(10(7)6-8)12(15)13-11/h1-6H,(H,13,14,15). The van der Waals surface area contributed by atoms with Crippen molar-refractivity contribution in [1.82, 2.24) is 4.98 Å². The van der Waals surface area contributed by atoms with Crippen LogP contribution in [-0.2, 0) is 0 Å². The Hall–Kier alpha value is -2.16. The minimum absolute atomic E-state index is 0.327. The fourth-order valence-corrected chi connectivity index (χ4v) is 1.85. The highest BCUT2D eigenvalue weighted by Gasteiger charge is 2.03. The summed E-state index contributed by atoms with van der Waals surface area (Å²) in [6.07, 6.45) is 0. The van der Waals surface area contributed by atoms with Crippen LogP contribution in [0.25, 0.3) is 21.5 Å². The third-order valence-electron chi connectivity index (χ3n) is 2.62. The van der Waals surface area contributed by atoms with Crippen molar-refractivity contribution in [3.8, 4) is 0 Å². The SMILES string of the molecule is O=c1[nH]c(=O)c2cccc3ccc1cc32. The second-order valence-corrected chi connectivity index (χ2v) is 3.52. The zero-order valence-electron chi connectivity index (χ0n) is 7.78. The van der Waals surface area contributed by atoms with Crippen LogP contribution in [0.1, 0.15) is 0 Å². The van der Waals surface area contributed by atoms with Crippen LogP contribution in [0.5, 0.6) is 0 Å². The summed E-state index contributed by atoms with van der Waals surface area (Å²) in [5.41, 5.74) is -0.662. The maximum Gasteiger partial charge on any atom is 0.258 e. The maximum atomic E-state index is 11.6. The Morgan fingerprint density at radius 3 is 2.47 bits per heavy atom. The van der Waals surface area contributed by atoms with Crippen molar-refractivity contribution in [1.29, 1.82) is 0 Å². The fraction of sp³-hybridized carbons (Fsp3) is 0. The lowest BCUT2D eigenvalue weighted by molar-refractivity contribution is 1.23. The lowest BCUT2D eigenvalue weighted by Crippen LogP contribution is -2.13. The highest BCUT2D eigenvalue weighted by atomic mass is 16.2. The number of fused-ring (bicyclic) bond motifs is 1. The summed E-state index contributed by atoms with van der Waals surface area (Å²) in [7, 11) is 0. The van der Waals surface area contributed by atoms with E-state index in [1.54, 1.807) is 18.2 Å². The van der Waals surface area contributed by atoms with Crippen LogP contribution in [0.2, 0.25) is 0 Å². The average Bonchev–Trinajstić information content (AvgIpc) is 2.36. The first-order valence-electron chi connectivity index (χ1n) is 4.64. The van der Waals surface area contributed by atoms with Crippen molar-refractivity contribution in [2.45, 2.75) is 0 Å². The third-order valence-corrected chi connectivity index (χ3v) is 2.62. The predicted molar refractivity (Wildman–Crippen MR) is 59.5 cm³/mol.